The molecule has 24 heavy (non-hydrogen) atoms. The zero-order chi connectivity index (χ0) is 17.3. The first-order valence-corrected chi connectivity index (χ1v) is 8.44. The quantitative estimate of drug-likeness (QED) is 0.913. The third kappa shape index (κ3) is 3.49. The number of rotatable bonds is 4. The molecule has 0 saturated carbocycles. The van der Waals surface area contributed by atoms with E-state index >= 15 is 0 Å². The number of hydrogen-bond donors (Lipinski definition) is 1. The van der Waals surface area contributed by atoms with Crippen molar-refractivity contribution in [2.75, 3.05) is 26.4 Å². The van der Waals surface area contributed by atoms with Crippen LogP contribution in [0.2, 0.25) is 0 Å². The maximum atomic E-state index is 12.6. The third-order valence-corrected chi connectivity index (χ3v) is 4.60. The van der Waals surface area contributed by atoms with E-state index in [1.165, 1.54) is 0 Å². The lowest BCUT2D eigenvalue weighted by molar-refractivity contribution is -0.0948. The number of morpholine rings is 1. The Hall–Kier alpha value is -1.79. The highest BCUT2D eigenvalue weighted by Crippen LogP contribution is 2.35. The van der Waals surface area contributed by atoms with Gasteiger partial charge in [-0.1, -0.05) is 6.07 Å². The van der Waals surface area contributed by atoms with Crippen molar-refractivity contribution >= 4 is 5.91 Å². The smallest absolute Gasteiger partial charge is 0.255 e. The van der Waals surface area contributed by atoms with Crippen LogP contribution in [0, 0.1) is 0 Å². The second kappa shape index (κ2) is 6.61. The van der Waals surface area contributed by atoms with E-state index in [0.717, 1.165) is 13.1 Å². The number of hydrogen-bond acceptors (Lipinski definition) is 5. The van der Waals surface area contributed by atoms with Gasteiger partial charge >= 0.3 is 0 Å². The molecule has 0 aromatic heterocycles. The molecule has 3 rings (SSSR count). The molecule has 0 bridgehead atoms. The Morgan fingerprint density at radius 3 is 2.67 bits per heavy atom. The molecule has 2 atom stereocenters. The molecule has 1 fully saturated rings. The van der Waals surface area contributed by atoms with Crippen molar-refractivity contribution in [1.29, 1.82) is 0 Å². The van der Waals surface area contributed by atoms with Gasteiger partial charge in [0.05, 0.1) is 17.8 Å². The van der Waals surface area contributed by atoms with Crippen LogP contribution in [0.4, 0.5) is 0 Å². The van der Waals surface area contributed by atoms with Crippen molar-refractivity contribution in [2.24, 2.45) is 0 Å². The first-order valence-electron chi connectivity index (χ1n) is 8.44. The molecule has 132 valence electrons. The van der Waals surface area contributed by atoms with Gasteiger partial charge in [-0.2, -0.15) is 0 Å². The standard InChI is InChI=1S/C18H26N2O4/c1-12-8-20(9-13(2)24-12)18(3,4)10-19-17(21)14-6-5-7-15-16(14)23-11-22-15/h5-7,12-13H,8-11H2,1-4H3,(H,19,21). The molecule has 2 aliphatic heterocycles. The monoisotopic (exact) mass is 334 g/mol. The number of nitrogens with zero attached hydrogens (tertiary/aromatic N) is 1. The van der Waals surface area contributed by atoms with Crippen LogP contribution in [-0.2, 0) is 4.74 Å². The predicted molar refractivity (Wildman–Crippen MR) is 90.6 cm³/mol. The predicted octanol–water partition coefficient (Wildman–Crippen LogP) is 2.03. The summed E-state index contributed by atoms with van der Waals surface area (Å²) in [6.45, 7) is 10.9. The molecule has 0 radical (unpaired) electrons. The molecule has 1 amide bonds. The van der Waals surface area contributed by atoms with Crippen molar-refractivity contribution in [3.63, 3.8) is 0 Å². The Morgan fingerprint density at radius 1 is 1.25 bits per heavy atom. The van der Waals surface area contributed by atoms with Crippen molar-refractivity contribution in [1.82, 2.24) is 10.2 Å². The molecular weight excluding hydrogens is 308 g/mol. The van der Waals surface area contributed by atoms with Crippen LogP contribution in [0.3, 0.4) is 0 Å². The number of nitrogens with one attached hydrogen (secondary N) is 1. The fraction of sp³-hybridized carbons (Fsp3) is 0.611. The zero-order valence-corrected chi connectivity index (χ0v) is 14.8. The number of benzene rings is 1. The Balaban J connectivity index is 1.64. The van der Waals surface area contributed by atoms with Gasteiger partial charge in [-0.05, 0) is 39.8 Å². The minimum atomic E-state index is -0.155. The fourth-order valence-electron chi connectivity index (χ4n) is 3.28. The fourth-order valence-corrected chi connectivity index (χ4v) is 3.28. The van der Waals surface area contributed by atoms with Gasteiger partial charge in [0, 0.05) is 25.2 Å². The summed E-state index contributed by atoms with van der Waals surface area (Å²) < 4.78 is 16.5. The summed E-state index contributed by atoms with van der Waals surface area (Å²) in [5, 5.41) is 3.04. The third-order valence-electron chi connectivity index (χ3n) is 4.60. The van der Waals surface area contributed by atoms with E-state index in [1.807, 2.05) is 0 Å². The number of amides is 1. The summed E-state index contributed by atoms with van der Waals surface area (Å²) in [7, 11) is 0. The lowest BCUT2D eigenvalue weighted by Crippen LogP contribution is -2.58. The molecule has 6 nitrogen and oxygen atoms in total. The van der Waals surface area contributed by atoms with Crippen LogP contribution in [0.5, 0.6) is 11.5 Å². The minimum Gasteiger partial charge on any atom is -0.454 e. The van der Waals surface area contributed by atoms with Gasteiger partial charge in [-0.15, -0.1) is 0 Å². The Bertz CT molecular complexity index is 607. The van der Waals surface area contributed by atoms with Crippen LogP contribution >= 0.6 is 0 Å². The molecule has 0 spiro atoms. The normalized spacial score (nSPS) is 24.0. The zero-order valence-electron chi connectivity index (χ0n) is 14.8. The maximum Gasteiger partial charge on any atom is 0.255 e. The number of fused-ring (bicyclic) bond motifs is 1. The van der Waals surface area contributed by atoms with Gasteiger partial charge < -0.3 is 19.5 Å². The number of carbonyl (C=O) groups excluding carboxylic acids is 1. The molecule has 1 aromatic carbocycles. The van der Waals surface area contributed by atoms with Crippen molar-refractivity contribution in [2.45, 2.75) is 45.4 Å². The summed E-state index contributed by atoms with van der Waals surface area (Å²) in [5.41, 5.74) is 0.363. The summed E-state index contributed by atoms with van der Waals surface area (Å²) in [5.74, 6) is 1.01. The molecule has 1 saturated heterocycles. The van der Waals surface area contributed by atoms with Crippen LogP contribution in [0.15, 0.2) is 18.2 Å². The maximum absolute atomic E-state index is 12.6. The largest absolute Gasteiger partial charge is 0.454 e. The number of ether oxygens (including phenoxy) is 3. The molecule has 1 aromatic rings. The van der Waals surface area contributed by atoms with Crippen molar-refractivity contribution in [3.05, 3.63) is 23.8 Å². The van der Waals surface area contributed by atoms with Crippen LogP contribution in [0.25, 0.3) is 0 Å². The molecule has 2 heterocycles. The van der Waals surface area contributed by atoms with Crippen LogP contribution in [0.1, 0.15) is 38.1 Å². The van der Waals surface area contributed by atoms with Gasteiger partial charge in [0.1, 0.15) is 0 Å². The molecule has 2 unspecified atom stereocenters. The molecule has 6 heteroatoms. The van der Waals surface area contributed by atoms with Crippen molar-refractivity contribution in [3.8, 4) is 11.5 Å². The average Bonchev–Trinajstić information content (AvgIpc) is 3.00. The van der Waals surface area contributed by atoms with Crippen molar-refractivity contribution < 1.29 is 19.0 Å². The topological polar surface area (TPSA) is 60.0 Å². The molecule has 2 aliphatic rings. The Morgan fingerprint density at radius 2 is 1.96 bits per heavy atom. The van der Waals surface area contributed by atoms with Gasteiger partial charge in [-0.25, -0.2) is 0 Å². The first-order chi connectivity index (χ1) is 11.4. The number of carbonyl (C=O) groups is 1. The highest BCUT2D eigenvalue weighted by Gasteiger charge is 2.33. The van der Waals surface area contributed by atoms with E-state index in [9.17, 15) is 4.79 Å². The summed E-state index contributed by atoms with van der Waals surface area (Å²) in [4.78, 5) is 14.9. The Labute approximate surface area is 143 Å². The van der Waals surface area contributed by atoms with Gasteiger partial charge in [0.2, 0.25) is 6.79 Å². The highest BCUT2D eigenvalue weighted by molar-refractivity contribution is 5.98. The van der Waals surface area contributed by atoms with E-state index < -0.39 is 0 Å². The molecule has 0 aliphatic carbocycles. The lowest BCUT2D eigenvalue weighted by atomic mass is 9.99. The SMILES string of the molecule is CC1CN(C(C)(C)CNC(=O)c2cccc3c2OCO3)CC(C)O1. The highest BCUT2D eigenvalue weighted by atomic mass is 16.7. The van der Waals surface area contributed by atoms with Gasteiger partial charge in [0.15, 0.2) is 11.5 Å². The van der Waals surface area contributed by atoms with E-state index in [2.05, 4.69) is 37.9 Å². The second-order valence-electron chi connectivity index (χ2n) is 7.20. The summed E-state index contributed by atoms with van der Waals surface area (Å²) in [6.07, 6.45) is 0.401. The van der Waals surface area contributed by atoms with Gasteiger partial charge in [0.25, 0.3) is 5.91 Å². The van der Waals surface area contributed by atoms with E-state index in [4.69, 9.17) is 14.2 Å². The Kier molecular flexibility index (Phi) is 4.69. The van der Waals surface area contributed by atoms with E-state index in [0.29, 0.717) is 23.6 Å². The average molecular weight is 334 g/mol. The summed E-state index contributed by atoms with van der Waals surface area (Å²) >= 11 is 0. The van der Waals surface area contributed by atoms with E-state index in [1.54, 1.807) is 18.2 Å². The second-order valence-corrected chi connectivity index (χ2v) is 7.20. The molecular formula is C18H26N2O4. The first kappa shape index (κ1) is 17.0. The minimum absolute atomic E-state index is 0.139. The number of para-hydroxylation sites is 1. The van der Waals surface area contributed by atoms with E-state index in [-0.39, 0.29) is 30.4 Å². The summed E-state index contributed by atoms with van der Waals surface area (Å²) in [6, 6.07) is 5.37. The lowest BCUT2D eigenvalue weighted by Gasteiger charge is -2.45. The van der Waals surface area contributed by atoms with Crippen LogP contribution < -0.4 is 14.8 Å². The van der Waals surface area contributed by atoms with Crippen LogP contribution in [-0.4, -0.2) is 55.0 Å². The molecule has 1 N–H and O–H groups in total. The van der Waals surface area contributed by atoms with Gasteiger partial charge in [-0.3, -0.25) is 9.69 Å².